The van der Waals surface area contributed by atoms with Crippen LogP contribution in [0.4, 0.5) is 4.79 Å². The lowest BCUT2D eigenvalue weighted by molar-refractivity contribution is -0.136. The van der Waals surface area contributed by atoms with E-state index >= 15 is 0 Å². The fourth-order valence-electron chi connectivity index (χ4n) is 2.96. The number of carbonyl (C=O) groups is 3. The Bertz CT molecular complexity index is 798. The average Bonchev–Trinajstić information content (AvgIpc) is 2.90. The third-order valence-electron chi connectivity index (χ3n) is 4.13. The van der Waals surface area contributed by atoms with Crippen molar-refractivity contribution in [3.05, 3.63) is 71.8 Å². The number of nitrogens with zero attached hydrogens (tertiary/aromatic N) is 1. The highest BCUT2D eigenvalue weighted by molar-refractivity contribution is 6.48. The van der Waals surface area contributed by atoms with Crippen molar-refractivity contribution in [3.8, 4) is 0 Å². The molecule has 0 radical (unpaired) electrons. The standard InChI is InChI=1S/C20H18N2O4/c23-18-16(14-8-3-1-4-9-14)17(15-10-5-2-6-11-15)19(24)22(18)13-7-12-21-20(25)26/h1-6,8-11,21H,7,12-13H2,(H,25,26). The van der Waals surface area contributed by atoms with E-state index in [9.17, 15) is 14.4 Å². The fraction of sp³-hybridized carbons (Fsp3) is 0.150. The largest absolute Gasteiger partial charge is 0.465 e. The van der Waals surface area contributed by atoms with Crippen LogP contribution in [0.3, 0.4) is 0 Å². The summed E-state index contributed by atoms with van der Waals surface area (Å²) >= 11 is 0. The molecule has 6 heteroatoms. The summed E-state index contributed by atoms with van der Waals surface area (Å²) < 4.78 is 0. The minimum Gasteiger partial charge on any atom is -0.465 e. The highest BCUT2D eigenvalue weighted by Crippen LogP contribution is 2.35. The minimum atomic E-state index is -1.13. The first-order chi connectivity index (χ1) is 12.6. The van der Waals surface area contributed by atoms with E-state index in [2.05, 4.69) is 5.32 Å². The molecule has 26 heavy (non-hydrogen) atoms. The van der Waals surface area contributed by atoms with Gasteiger partial charge in [0, 0.05) is 13.1 Å². The summed E-state index contributed by atoms with van der Waals surface area (Å²) in [6, 6.07) is 18.2. The van der Waals surface area contributed by atoms with Crippen molar-refractivity contribution < 1.29 is 19.5 Å². The normalized spacial score (nSPS) is 14.1. The molecule has 1 aliphatic heterocycles. The zero-order valence-electron chi connectivity index (χ0n) is 14.0. The van der Waals surface area contributed by atoms with Gasteiger partial charge in [0.1, 0.15) is 0 Å². The number of carbonyl (C=O) groups excluding carboxylic acids is 2. The molecule has 0 spiro atoms. The molecule has 6 nitrogen and oxygen atoms in total. The van der Waals surface area contributed by atoms with Crippen LogP contribution in [0.25, 0.3) is 11.1 Å². The number of carboxylic acid groups (broad SMARTS) is 1. The molecular weight excluding hydrogens is 332 g/mol. The highest BCUT2D eigenvalue weighted by Gasteiger charge is 2.38. The van der Waals surface area contributed by atoms with E-state index in [0.29, 0.717) is 28.7 Å². The van der Waals surface area contributed by atoms with Crippen molar-refractivity contribution in [1.82, 2.24) is 10.2 Å². The summed E-state index contributed by atoms with van der Waals surface area (Å²) in [7, 11) is 0. The number of hydrogen-bond acceptors (Lipinski definition) is 3. The van der Waals surface area contributed by atoms with Crippen LogP contribution in [0.1, 0.15) is 17.5 Å². The second kappa shape index (κ2) is 7.65. The van der Waals surface area contributed by atoms with Gasteiger partial charge in [0.05, 0.1) is 11.1 Å². The lowest BCUT2D eigenvalue weighted by atomic mass is 9.96. The van der Waals surface area contributed by atoms with Crippen LogP contribution in [0, 0.1) is 0 Å². The van der Waals surface area contributed by atoms with E-state index in [1.165, 1.54) is 4.90 Å². The first-order valence-electron chi connectivity index (χ1n) is 8.27. The van der Waals surface area contributed by atoms with Crippen LogP contribution in [0.5, 0.6) is 0 Å². The number of amides is 3. The van der Waals surface area contributed by atoms with Crippen molar-refractivity contribution in [2.24, 2.45) is 0 Å². The van der Waals surface area contributed by atoms with Gasteiger partial charge in [-0.25, -0.2) is 4.79 Å². The summed E-state index contributed by atoms with van der Waals surface area (Å²) in [5.41, 5.74) is 2.15. The third kappa shape index (κ3) is 3.49. The van der Waals surface area contributed by atoms with E-state index in [4.69, 9.17) is 5.11 Å². The minimum absolute atomic E-state index is 0.157. The van der Waals surface area contributed by atoms with Gasteiger partial charge in [-0.2, -0.15) is 0 Å². The van der Waals surface area contributed by atoms with E-state index in [1.807, 2.05) is 36.4 Å². The van der Waals surface area contributed by atoms with Gasteiger partial charge in [-0.1, -0.05) is 60.7 Å². The Kier molecular flexibility index (Phi) is 5.12. The predicted octanol–water partition coefficient (Wildman–Crippen LogP) is 2.62. The molecule has 0 fully saturated rings. The van der Waals surface area contributed by atoms with Gasteiger partial charge in [-0.3, -0.25) is 14.5 Å². The monoisotopic (exact) mass is 350 g/mol. The Morgan fingerprint density at radius 2 is 1.31 bits per heavy atom. The number of imide groups is 1. The molecule has 0 bridgehead atoms. The molecule has 0 atom stereocenters. The second-order valence-electron chi connectivity index (χ2n) is 5.83. The molecule has 0 saturated carbocycles. The Labute approximate surface area is 150 Å². The highest BCUT2D eigenvalue weighted by atomic mass is 16.4. The summed E-state index contributed by atoms with van der Waals surface area (Å²) in [4.78, 5) is 37.6. The third-order valence-corrected chi connectivity index (χ3v) is 4.13. The molecule has 0 unspecified atom stereocenters. The molecule has 2 aromatic rings. The van der Waals surface area contributed by atoms with Crippen molar-refractivity contribution in [3.63, 3.8) is 0 Å². The maximum absolute atomic E-state index is 12.9. The summed E-state index contributed by atoms with van der Waals surface area (Å²) in [5.74, 6) is -0.703. The zero-order valence-corrected chi connectivity index (χ0v) is 14.0. The smallest absolute Gasteiger partial charge is 0.404 e. The van der Waals surface area contributed by atoms with Gasteiger partial charge in [-0.05, 0) is 17.5 Å². The van der Waals surface area contributed by atoms with Crippen molar-refractivity contribution in [2.45, 2.75) is 6.42 Å². The van der Waals surface area contributed by atoms with Crippen LogP contribution in [0.15, 0.2) is 60.7 Å². The van der Waals surface area contributed by atoms with Crippen LogP contribution in [0.2, 0.25) is 0 Å². The topological polar surface area (TPSA) is 86.7 Å². The second-order valence-corrected chi connectivity index (χ2v) is 5.83. The van der Waals surface area contributed by atoms with Gasteiger partial charge < -0.3 is 10.4 Å². The van der Waals surface area contributed by atoms with Gasteiger partial charge >= 0.3 is 6.09 Å². The molecule has 3 rings (SSSR count). The Morgan fingerprint density at radius 1 is 0.846 bits per heavy atom. The molecule has 132 valence electrons. The quantitative estimate of drug-likeness (QED) is 0.619. The fourth-order valence-corrected chi connectivity index (χ4v) is 2.96. The number of benzene rings is 2. The Balaban J connectivity index is 1.93. The van der Waals surface area contributed by atoms with Crippen molar-refractivity contribution in [2.75, 3.05) is 13.1 Å². The number of rotatable bonds is 6. The van der Waals surface area contributed by atoms with Gasteiger partial charge in [0.2, 0.25) is 0 Å². The van der Waals surface area contributed by atoms with E-state index in [0.717, 1.165) is 0 Å². The average molecular weight is 350 g/mol. The van der Waals surface area contributed by atoms with Gasteiger partial charge in [0.15, 0.2) is 0 Å². The first-order valence-corrected chi connectivity index (χ1v) is 8.27. The van der Waals surface area contributed by atoms with Crippen LogP contribution < -0.4 is 5.32 Å². The molecule has 0 saturated heterocycles. The van der Waals surface area contributed by atoms with E-state index in [1.54, 1.807) is 24.3 Å². The summed E-state index contributed by atoms with van der Waals surface area (Å²) in [6.45, 7) is 0.332. The van der Waals surface area contributed by atoms with Crippen LogP contribution >= 0.6 is 0 Å². The molecule has 2 N–H and O–H groups in total. The molecule has 3 amide bonds. The maximum Gasteiger partial charge on any atom is 0.404 e. The molecule has 2 aromatic carbocycles. The summed E-state index contributed by atoms with van der Waals surface area (Å²) in [6.07, 6.45) is -0.773. The number of hydrogen-bond donors (Lipinski definition) is 2. The predicted molar refractivity (Wildman–Crippen MR) is 97.1 cm³/mol. The molecular formula is C20H18N2O4. The Hall–Kier alpha value is -3.41. The van der Waals surface area contributed by atoms with Crippen LogP contribution in [-0.4, -0.2) is 41.0 Å². The molecule has 1 aliphatic rings. The van der Waals surface area contributed by atoms with E-state index in [-0.39, 0.29) is 24.9 Å². The van der Waals surface area contributed by atoms with Crippen LogP contribution in [-0.2, 0) is 9.59 Å². The van der Waals surface area contributed by atoms with Crippen molar-refractivity contribution >= 4 is 29.1 Å². The van der Waals surface area contributed by atoms with Gasteiger partial charge in [-0.15, -0.1) is 0 Å². The van der Waals surface area contributed by atoms with Crippen molar-refractivity contribution in [1.29, 1.82) is 0 Å². The lowest BCUT2D eigenvalue weighted by Crippen LogP contribution is -2.34. The first kappa shape index (κ1) is 17.4. The Morgan fingerprint density at radius 3 is 1.73 bits per heavy atom. The SMILES string of the molecule is O=C(O)NCCCN1C(=O)C(c2ccccc2)=C(c2ccccc2)C1=O. The van der Waals surface area contributed by atoms with E-state index < -0.39 is 6.09 Å². The molecule has 0 aromatic heterocycles. The van der Waals surface area contributed by atoms with Gasteiger partial charge in [0.25, 0.3) is 11.8 Å². The molecule has 0 aliphatic carbocycles. The lowest BCUT2D eigenvalue weighted by Gasteiger charge is -2.15. The summed E-state index contributed by atoms with van der Waals surface area (Å²) in [5, 5.41) is 10.9. The maximum atomic E-state index is 12.9. The molecule has 1 heterocycles. The number of nitrogens with one attached hydrogen (secondary N) is 1. The zero-order chi connectivity index (χ0) is 18.5.